The maximum absolute atomic E-state index is 13.9. The standard InChI is InChI=1S/C71H92O16/c1-67(47-11-37-6-38(13-47)14-48(67)12-37)83-58(31-72)77-36-57-63(79-59(32-73)84-68(2)49-15-39-7-40(17-49)18-50(68)16-39)64(80-60(33-74)85-69(3)51-19-41-8-42(21-51)22-52(69)20-41)65(81-61(34-75)86-70(4)53-23-43-9-44(25-53)26-54(70)24-43)66(78-57)82-62(35-76)87-71(5)55-27-45-10-46(29-55)30-56(71)28-45/h37-57,63-66H,6-30,36H2,1-5H3/t37?,38?,39?,40?,41?,42?,43?,44?,45?,46?,47?,48?,49?,50?,51?,52?,53?,54?,55?,56?,57-,63-,64+,65-,66-,67?,68?,69?,70?,71?/m1/s1. The van der Waals surface area contributed by atoms with Gasteiger partial charge in [-0.15, -0.1) is 0 Å². The van der Waals surface area contributed by atoms with Gasteiger partial charge in [0.1, 0.15) is 40.7 Å². The molecule has 0 radical (unpaired) electrons. The second-order valence-electron chi connectivity index (χ2n) is 33.1. The van der Waals surface area contributed by atoms with Gasteiger partial charge in [-0.1, -0.05) is 0 Å². The third-order valence-corrected chi connectivity index (χ3v) is 28.7. The molecule has 0 aromatic heterocycles. The van der Waals surface area contributed by atoms with Crippen LogP contribution >= 0.6 is 0 Å². The van der Waals surface area contributed by atoms with Gasteiger partial charge in [-0.2, -0.15) is 0 Å². The zero-order valence-corrected chi connectivity index (χ0v) is 51.9. The number of ether oxygens (including phenoxy) is 11. The molecule has 1 heterocycles. The minimum Gasteiger partial charge on any atom is -0.454 e. The molecule has 0 spiro atoms. The molecule has 87 heavy (non-hydrogen) atoms. The topological polar surface area (TPSA) is 187 Å². The monoisotopic (exact) mass is 1200 g/mol. The van der Waals surface area contributed by atoms with Crippen LogP contribution in [0.15, 0.2) is 29.7 Å². The molecule has 21 rings (SSSR count). The van der Waals surface area contributed by atoms with Crippen molar-refractivity contribution in [3.63, 3.8) is 0 Å². The molecular weight excluding hydrogens is 1110 g/mol. The van der Waals surface area contributed by atoms with Crippen LogP contribution in [0.2, 0.25) is 0 Å². The Kier molecular flexibility index (Phi) is 13.9. The first-order valence-corrected chi connectivity index (χ1v) is 34.6. The largest absolute Gasteiger partial charge is 0.454 e. The summed E-state index contributed by atoms with van der Waals surface area (Å²) in [5.41, 5.74) is -3.86. The molecule has 1 aliphatic heterocycles. The van der Waals surface area contributed by atoms with Crippen LogP contribution in [0.3, 0.4) is 0 Å². The van der Waals surface area contributed by atoms with Crippen molar-refractivity contribution in [2.75, 3.05) is 6.61 Å². The molecule has 1 saturated heterocycles. The number of rotatable bonds is 21. The number of hydrogen-bond donors (Lipinski definition) is 0. The predicted molar refractivity (Wildman–Crippen MR) is 309 cm³/mol. The summed E-state index contributed by atoms with van der Waals surface area (Å²) in [5, 5.41) is 0. The van der Waals surface area contributed by atoms with Gasteiger partial charge in [-0.3, -0.25) is 0 Å². The summed E-state index contributed by atoms with van der Waals surface area (Å²) >= 11 is 0. The smallest absolute Gasteiger partial charge is 0.372 e. The molecule has 21 fully saturated rings. The van der Waals surface area contributed by atoms with Crippen LogP contribution < -0.4 is 0 Å². The predicted octanol–water partition coefficient (Wildman–Crippen LogP) is 11.4. The van der Waals surface area contributed by atoms with Crippen molar-refractivity contribution >= 4 is 29.7 Å². The van der Waals surface area contributed by atoms with Crippen molar-refractivity contribution in [3.05, 3.63) is 29.7 Å². The van der Waals surface area contributed by atoms with Crippen molar-refractivity contribution in [1.29, 1.82) is 0 Å². The van der Waals surface area contributed by atoms with Gasteiger partial charge in [0.05, 0.1) is 0 Å². The first-order chi connectivity index (χ1) is 41.9. The minimum absolute atomic E-state index is 0.139. The zero-order chi connectivity index (χ0) is 59.5. The van der Waals surface area contributed by atoms with Gasteiger partial charge in [0.15, 0.2) is 12.2 Å². The molecular formula is C71H92O16. The lowest BCUT2D eigenvalue weighted by Crippen LogP contribution is -2.63. The highest BCUT2D eigenvalue weighted by Gasteiger charge is 2.64. The normalized spacial score (nSPS) is 51.9. The molecule has 0 unspecified atom stereocenters. The van der Waals surface area contributed by atoms with E-state index in [-0.39, 0.29) is 65.1 Å². The van der Waals surface area contributed by atoms with E-state index in [0.29, 0.717) is 59.2 Å². The second-order valence-corrected chi connectivity index (χ2v) is 33.1. The van der Waals surface area contributed by atoms with Gasteiger partial charge in [0.25, 0.3) is 0 Å². The Balaban J connectivity index is 0.780. The number of hydrogen-bond acceptors (Lipinski definition) is 16. The van der Waals surface area contributed by atoms with E-state index in [1.807, 2.05) is 29.7 Å². The van der Waals surface area contributed by atoms with Crippen LogP contribution in [-0.4, -0.2) is 95.0 Å². The van der Waals surface area contributed by atoms with E-state index >= 15 is 0 Å². The Morgan fingerprint density at radius 1 is 0.299 bits per heavy atom. The molecule has 20 bridgehead atoms. The molecule has 16 nitrogen and oxygen atoms in total. The second kappa shape index (κ2) is 21.1. The Bertz CT molecular complexity index is 2840. The highest BCUT2D eigenvalue weighted by molar-refractivity contribution is 5.49. The van der Waals surface area contributed by atoms with E-state index < -0.39 is 89.1 Å². The van der Waals surface area contributed by atoms with E-state index in [9.17, 15) is 24.0 Å². The molecule has 21 aliphatic rings. The third-order valence-electron chi connectivity index (χ3n) is 28.7. The molecule has 20 aliphatic carbocycles. The molecule has 16 heteroatoms. The molecule has 5 atom stereocenters. The highest BCUT2D eigenvalue weighted by Crippen LogP contribution is 2.65. The lowest BCUT2D eigenvalue weighted by Gasteiger charge is -2.59. The maximum atomic E-state index is 13.9. The summed E-state index contributed by atoms with van der Waals surface area (Å²) in [4.78, 5) is 68.4. The van der Waals surface area contributed by atoms with Gasteiger partial charge in [-0.25, -0.2) is 24.0 Å². The summed E-state index contributed by atoms with van der Waals surface area (Å²) in [6.07, 6.45) is 17.4. The molecule has 0 N–H and O–H groups in total. The number of carbonyl (C=O) groups excluding carboxylic acids is 5. The van der Waals surface area contributed by atoms with Crippen molar-refractivity contribution in [2.45, 2.75) is 254 Å². The minimum atomic E-state index is -1.75. The van der Waals surface area contributed by atoms with Gasteiger partial charge in [0.2, 0.25) is 42.1 Å². The van der Waals surface area contributed by atoms with E-state index in [4.69, 9.17) is 52.1 Å². The average Bonchev–Trinajstić information content (AvgIpc) is 1.19. The lowest BCUT2D eigenvalue weighted by molar-refractivity contribution is -0.335. The first kappa shape index (κ1) is 57.4. The van der Waals surface area contributed by atoms with E-state index in [0.717, 1.165) is 128 Å². The fourth-order valence-electron chi connectivity index (χ4n) is 24.9. The maximum Gasteiger partial charge on any atom is 0.372 e. The van der Waals surface area contributed by atoms with Gasteiger partial charge in [0, 0.05) is 0 Å². The van der Waals surface area contributed by atoms with Gasteiger partial charge >= 0.3 is 29.7 Å². The van der Waals surface area contributed by atoms with Crippen molar-refractivity contribution in [3.8, 4) is 0 Å². The van der Waals surface area contributed by atoms with Crippen molar-refractivity contribution in [2.24, 2.45) is 118 Å². The Hall–Kier alpha value is -4.79. The fourth-order valence-corrected chi connectivity index (χ4v) is 24.9. The summed E-state index contributed by atoms with van der Waals surface area (Å²) in [6, 6.07) is 0. The van der Waals surface area contributed by atoms with Crippen LogP contribution in [0, 0.1) is 118 Å². The van der Waals surface area contributed by atoms with Crippen LogP contribution in [0.4, 0.5) is 0 Å². The van der Waals surface area contributed by atoms with Gasteiger partial charge < -0.3 is 52.1 Å². The summed E-state index contributed by atoms with van der Waals surface area (Å²) < 4.78 is 75.8. The summed E-state index contributed by atoms with van der Waals surface area (Å²) in [7, 11) is 0. The fraction of sp³-hybridized carbons (Fsp3) is 0.859. The first-order valence-electron chi connectivity index (χ1n) is 34.6. The van der Waals surface area contributed by atoms with Crippen molar-refractivity contribution < 1.29 is 76.1 Å². The average molecular weight is 1200 g/mol. The Morgan fingerprint density at radius 2 is 0.517 bits per heavy atom. The molecule has 0 amide bonds. The van der Waals surface area contributed by atoms with Crippen LogP contribution in [0.1, 0.15) is 195 Å². The lowest BCUT2D eigenvalue weighted by atomic mass is 9.50. The third kappa shape index (κ3) is 9.53. The Labute approximate surface area is 512 Å². The SMILES string of the molecule is CC1(OC(=C=O)OC[C@H]2O[C@H](OC(=C=O)OC3(C)C4CC5CC(C4)CC3C5)[C@H](OC(=C=O)OC3(C)C4CC5CC(C4)CC3C5)[C@@H](OC(=C=O)OC3(C)C4CC5CC(C4)CC3C5)[C@@H]2OC(=C=O)OC2(C)C3CC4CC(C3)CC2C4)C2CC3CC(C2)CC1C3. The highest BCUT2D eigenvalue weighted by atomic mass is 16.8. The summed E-state index contributed by atoms with van der Waals surface area (Å²) in [5.74, 6) is 15.3. The molecule has 20 saturated carbocycles. The van der Waals surface area contributed by atoms with Gasteiger partial charge in [-0.05, 0) is 313 Å². The molecule has 0 aromatic rings. The van der Waals surface area contributed by atoms with Crippen LogP contribution in [-0.2, 0) is 76.1 Å². The van der Waals surface area contributed by atoms with E-state index in [2.05, 4.69) is 34.6 Å². The summed E-state index contributed by atoms with van der Waals surface area (Å²) in [6.45, 7) is 9.85. The van der Waals surface area contributed by atoms with Crippen LogP contribution in [0.25, 0.3) is 0 Å². The van der Waals surface area contributed by atoms with E-state index in [1.54, 1.807) is 0 Å². The van der Waals surface area contributed by atoms with Crippen molar-refractivity contribution in [1.82, 2.24) is 0 Å². The van der Waals surface area contributed by atoms with Crippen LogP contribution in [0.5, 0.6) is 0 Å². The zero-order valence-electron chi connectivity index (χ0n) is 51.9. The molecule has 472 valence electrons. The van der Waals surface area contributed by atoms with E-state index in [1.165, 1.54) is 32.1 Å². The molecule has 0 aromatic carbocycles. The quantitative estimate of drug-likeness (QED) is 0.0779. The Morgan fingerprint density at radius 3 is 0.770 bits per heavy atom.